The molecule has 0 aromatic heterocycles. The lowest BCUT2D eigenvalue weighted by Gasteiger charge is -2.28. The predicted molar refractivity (Wildman–Crippen MR) is 72.7 cm³/mol. The monoisotopic (exact) mass is 348 g/mol. The molecule has 0 amide bonds. The molecule has 0 N–H and O–H groups in total. The summed E-state index contributed by atoms with van der Waals surface area (Å²) in [5.41, 5.74) is -1.25. The van der Waals surface area contributed by atoms with Gasteiger partial charge in [0.25, 0.3) is 0 Å². The largest absolute Gasteiger partial charge is 0.463 e. The predicted octanol–water partition coefficient (Wildman–Crippen LogP) is 2.61. The minimum absolute atomic E-state index is 0.244. The number of alkyl halides is 2. The van der Waals surface area contributed by atoms with Crippen LogP contribution in [0.2, 0.25) is 0 Å². The van der Waals surface area contributed by atoms with E-state index < -0.39 is 30.5 Å². The molecule has 124 valence electrons. The Morgan fingerprint density at radius 3 is 1.95 bits per heavy atom. The number of carbonyl (C=O) groups excluding carboxylic acids is 2. The number of ether oxygens (including phenoxy) is 2. The molecule has 0 radical (unpaired) electrons. The van der Waals surface area contributed by atoms with E-state index in [9.17, 15) is 14.2 Å². The van der Waals surface area contributed by atoms with Gasteiger partial charge in [0, 0.05) is 0 Å². The number of halogens is 2. The molecule has 2 atom stereocenters. The quantitative estimate of drug-likeness (QED) is 0.274. The summed E-state index contributed by atoms with van der Waals surface area (Å²) in [6.07, 6.45) is 0. The molecule has 2 unspecified atom stereocenters. The molecule has 0 aromatic rings. The van der Waals surface area contributed by atoms with Gasteiger partial charge in [-0.25, -0.2) is 14.0 Å². The Morgan fingerprint density at radius 1 is 1.14 bits per heavy atom. The second-order valence-electron chi connectivity index (χ2n) is 3.62. The van der Waals surface area contributed by atoms with Crippen LogP contribution in [0.1, 0.15) is 27.7 Å². The second kappa shape index (κ2) is 8.68. The van der Waals surface area contributed by atoms with Crippen LogP contribution < -0.4 is 0 Å². The highest BCUT2D eigenvalue weighted by Crippen LogP contribution is 2.62. The van der Waals surface area contributed by atoms with E-state index in [4.69, 9.17) is 20.6 Å². The van der Waals surface area contributed by atoms with Crippen LogP contribution in [0.25, 0.3) is 0 Å². The lowest BCUT2D eigenvalue weighted by Crippen LogP contribution is -2.46. The number of hydrogen-bond donors (Lipinski definition) is 0. The SMILES string of the molecule is CCOC(=O)C(F)(C(=O)OC(C)Cl)P(=O)(OCC)OCC. The molecule has 21 heavy (non-hydrogen) atoms. The summed E-state index contributed by atoms with van der Waals surface area (Å²) in [7, 11) is -4.81. The van der Waals surface area contributed by atoms with E-state index >= 15 is 4.39 Å². The lowest BCUT2D eigenvalue weighted by molar-refractivity contribution is -0.169. The average Bonchev–Trinajstić information content (AvgIpc) is 2.37. The van der Waals surface area contributed by atoms with E-state index in [2.05, 4.69) is 9.47 Å². The highest BCUT2D eigenvalue weighted by Gasteiger charge is 2.67. The highest BCUT2D eigenvalue weighted by atomic mass is 35.5. The summed E-state index contributed by atoms with van der Waals surface area (Å²) in [6, 6.07) is 0. The Labute approximate surface area is 127 Å². The Kier molecular flexibility index (Phi) is 8.39. The molecule has 0 rings (SSSR count). The summed E-state index contributed by atoms with van der Waals surface area (Å²) in [5, 5.41) is -3.74. The van der Waals surface area contributed by atoms with Crippen molar-refractivity contribution in [3.8, 4) is 0 Å². The van der Waals surface area contributed by atoms with Crippen molar-refractivity contribution < 1.29 is 37.1 Å². The van der Waals surface area contributed by atoms with Gasteiger partial charge in [-0.2, -0.15) is 0 Å². The van der Waals surface area contributed by atoms with Crippen LogP contribution >= 0.6 is 19.2 Å². The number of hydrogen-bond acceptors (Lipinski definition) is 7. The van der Waals surface area contributed by atoms with Gasteiger partial charge in [0.05, 0.1) is 19.8 Å². The number of esters is 2. The van der Waals surface area contributed by atoms with Crippen LogP contribution in [-0.4, -0.2) is 42.7 Å². The molecule has 0 bridgehead atoms. The zero-order chi connectivity index (χ0) is 16.7. The fourth-order valence-electron chi connectivity index (χ4n) is 1.31. The maximum atomic E-state index is 15.0. The van der Waals surface area contributed by atoms with Crippen molar-refractivity contribution in [2.24, 2.45) is 0 Å². The van der Waals surface area contributed by atoms with E-state index in [0.717, 1.165) is 0 Å². The zero-order valence-corrected chi connectivity index (χ0v) is 13.9. The minimum atomic E-state index is -4.81. The molecule has 0 spiro atoms. The lowest BCUT2D eigenvalue weighted by atomic mass is 10.4. The van der Waals surface area contributed by atoms with Gasteiger partial charge >= 0.3 is 24.9 Å². The second-order valence-corrected chi connectivity index (χ2v) is 6.37. The molecule has 0 saturated carbocycles. The Bertz CT molecular complexity index is 407. The van der Waals surface area contributed by atoms with Crippen molar-refractivity contribution in [1.82, 2.24) is 0 Å². The van der Waals surface area contributed by atoms with Crippen LogP contribution in [0.4, 0.5) is 4.39 Å². The van der Waals surface area contributed by atoms with Gasteiger partial charge in [0.15, 0.2) is 5.56 Å². The molecule has 0 aliphatic heterocycles. The topological polar surface area (TPSA) is 88.1 Å². The zero-order valence-electron chi connectivity index (χ0n) is 12.3. The first-order valence-corrected chi connectivity index (χ1v) is 8.27. The molecule has 7 nitrogen and oxygen atoms in total. The van der Waals surface area contributed by atoms with Crippen molar-refractivity contribution in [1.29, 1.82) is 0 Å². The van der Waals surface area contributed by atoms with E-state index in [-0.39, 0.29) is 19.8 Å². The molecule has 0 heterocycles. The standard InChI is InChI=1S/C11H19ClFO7P/c1-5-17-9(14)11(13,10(15)20-8(4)12)21(16,18-6-2)19-7-3/h8H,5-7H2,1-4H3. The van der Waals surface area contributed by atoms with E-state index in [0.29, 0.717) is 0 Å². The molecule has 0 fully saturated rings. The Hall–Kier alpha value is -0.690. The minimum Gasteiger partial charge on any atom is -0.463 e. The molecule has 0 aliphatic carbocycles. The first kappa shape index (κ1) is 20.3. The molecular weight excluding hydrogens is 330 g/mol. The van der Waals surface area contributed by atoms with Gasteiger partial charge < -0.3 is 18.5 Å². The summed E-state index contributed by atoms with van der Waals surface area (Å²) >= 11 is 5.43. The van der Waals surface area contributed by atoms with E-state index in [1.54, 1.807) is 0 Å². The van der Waals surface area contributed by atoms with Crippen molar-refractivity contribution in [3.05, 3.63) is 0 Å². The van der Waals surface area contributed by atoms with Crippen LogP contribution in [-0.2, 0) is 32.7 Å². The van der Waals surface area contributed by atoms with Crippen molar-refractivity contribution >= 4 is 31.1 Å². The molecule has 0 aromatic carbocycles. The fraction of sp³-hybridized carbons (Fsp3) is 0.818. The van der Waals surface area contributed by atoms with Gasteiger partial charge in [-0.05, 0) is 27.7 Å². The maximum absolute atomic E-state index is 15.0. The van der Waals surface area contributed by atoms with Crippen molar-refractivity contribution in [3.63, 3.8) is 0 Å². The smallest absolute Gasteiger partial charge is 0.400 e. The normalized spacial score (nSPS) is 15.9. The molecule has 10 heteroatoms. The van der Waals surface area contributed by atoms with E-state index in [1.807, 2.05) is 0 Å². The highest BCUT2D eigenvalue weighted by molar-refractivity contribution is 7.57. The molecular formula is C11H19ClFO7P. The van der Waals surface area contributed by atoms with Crippen LogP contribution in [0, 0.1) is 0 Å². The van der Waals surface area contributed by atoms with Gasteiger partial charge in [0.1, 0.15) is 0 Å². The first-order chi connectivity index (χ1) is 9.69. The number of carbonyl (C=O) groups is 2. The summed E-state index contributed by atoms with van der Waals surface area (Å²) in [4.78, 5) is 23.7. The molecule has 0 saturated heterocycles. The average molecular weight is 349 g/mol. The first-order valence-electron chi connectivity index (χ1n) is 6.30. The van der Waals surface area contributed by atoms with Crippen molar-refractivity contribution in [2.75, 3.05) is 19.8 Å². The van der Waals surface area contributed by atoms with Gasteiger partial charge in [-0.15, -0.1) is 0 Å². The third-order valence-electron chi connectivity index (χ3n) is 2.06. The Balaban J connectivity index is 5.82. The summed E-state index contributed by atoms with van der Waals surface area (Å²) < 4.78 is 45.9. The van der Waals surface area contributed by atoms with Crippen LogP contribution in [0.15, 0.2) is 0 Å². The Morgan fingerprint density at radius 2 is 1.62 bits per heavy atom. The summed E-state index contributed by atoms with van der Waals surface area (Å²) in [5.74, 6) is -3.49. The summed E-state index contributed by atoms with van der Waals surface area (Å²) in [6.45, 7) is 4.64. The third-order valence-corrected chi connectivity index (χ3v) is 4.47. The number of rotatable bonds is 9. The van der Waals surface area contributed by atoms with Gasteiger partial charge in [0.2, 0.25) is 0 Å². The maximum Gasteiger partial charge on any atom is 0.400 e. The van der Waals surface area contributed by atoms with Crippen LogP contribution in [0.3, 0.4) is 0 Å². The third kappa shape index (κ3) is 4.64. The van der Waals surface area contributed by atoms with Crippen LogP contribution in [0.5, 0.6) is 0 Å². The molecule has 0 aliphatic rings. The fourth-order valence-corrected chi connectivity index (χ4v) is 3.07. The van der Waals surface area contributed by atoms with E-state index in [1.165, 1.54) is 27.7 Å². The van der Waals surface area contributed by atoms with Gasteiger partial charge in [-0.3, -0.25) is 4.57 Å². The van der Waals surface area contributed by atoms with Crippen molar-refractivity contribution in [2.45, 2.75) is 38.7 Å². The van der Waals surface area contributed by atoms with Gasteiger partial charge in [-0.1, -0.05) is 11.6 Å².